The lowest BCUT2D eigenvalue weighted by molar-refractivity contribution is -0.140. The van der Waals surface area contributed by atoms with Gasteiger partial charge in [-0.1, -0.05) is 48.5 Å². The highest BCUT2D eigenvalue weighted by molar-refractivity contribution is 6.05. The zero-order valence-electron chi connectivity index (χ0n) is 12.3. The van der Waals surface area contributed by atoms with Gasteiger partial charge in [0.2, 0.25) is 0 Å². The summed E-state index contributed by atoms with van der Waals surface area (Å²) in [7, 11) is 1.44. The summed E-state index contributed by atoms with van der Waals surface area (Å²) in [6.07, 6.45) is 1.11. The number of methoxy groups -OCH3 is 1. The van der Waals surface area contributed by atoms with Crippen molar-refractivity contribution in [3.8, 4) is 0 Å². The van der Waals surface area contributed by atoms with Crippen molar-refractivity contribution in [1.29, 1.82) is 0 Å². The Kier molecular flexibility index (Phi) is 3.61. The Morgan fingerprint density at radius 3 is 1.86 bits per heavy atom. The molecule has 2 heteroatoms. The van der Waals surface area contributed by atoms with Gasteiger partial charge in [0.15, 0.2) is 0 Å². The fourth-order valence-electron chi connectivity index (χ4n) is 3.04. The Hall–Kier alpha value is -2.35. The molecule has 21 heavy (non-hydrogen) atoms. The van der Waals surface area contributed by atoms with E-state index in [1.54, 1.807) is 0 Å². The van der Waals surface area contributed by atoms with Crippen LogP contribution in [0.1, 0.15) is 17.5 Å². The van der Waals surface area contributed by atoms with Gasteiger partial charge in [-0.2, -0.15) is 0 Å². The van der Waals surface area contributed by atoms with E-state index in [-0.39, 0.29) is 5.97 Å². The number of esters is 1. The molecule has 0 N–H and O–H groups in total. The van der Waals surface area contributed by atoms with Crippen molar-refractivity contribution >= 4 is 27.5 Å². The number of rotatable bonds is 3. The average Bonchev–Trinajstić information content (AvgIpc) is 2.54. The molecular formula is C19H18O2. The van der Waals surface area contributed by atoms with Crippen LogP contribution in [-0.4, -0.2) is 13.1 Å². The van der Waals surface area contributed by atoms with Crippen molar-refractivity contribution in [2.24, 2.45) is 0 Å². The highest BCUT2D eigenvalue weighted by Gasteiger charge is 2.12. The highest BCUT2D eigenvalue weighted by Crippen LogP contribution is 2.33. The van der Waals surface area contributed by atoms with Crippen LogP contribution >= 0.6 is 0 Å². The van der Waals surface area contributed by atoms with E-state index in [1.807, 2.05) is 0 Å². The van der Waals surface area contributed by atoms with Crippen molar-refractivity contribution in [3.63, 3.8) is 0 Å². The van der Waals surface area contributed by atoms with Gasteiger partial charge in [-0.3, -0.25) is 4.79 Å². The molecule has 0 aromatic heterocycles. The molecule has 3 aromatic rings. The second-order valence-electron chi connectivity index (χ2n) is 5.27. The predicted octanol–water partition coefficient (Wildman–Crippen LogP) is 4.41. The molecule has 0 aliphatic carbocycles. The van der Waals surface area contributed by atoms with E-state index >= 15 is 0 Å². The maximum Gasteiger partial charge on any atom is 0.305 e. The van der Waals surface area contributed by atoms with E-state index in [0.717, 1.165) is 0 Å². The number of fused-ring (bicyclic) bond motifs is 2. The number of benzene rings is 3. The Bertz CT molecular complexity index is 761. The summed E-state index contributed by atoms with van der Waals surface area (Å²) in [5.41, 5.74) is 2.53. The van der Waals surface area contributed by atoms with Crippen molar-refractivity contribution in [2.75, 3.05) is 7.11 Å². The lowest BCUT2D eigenvalue weighted by atomic mass is 9.90. The minimum Gasteiger partial charge on any atom is -0.469 e. The van der Waals surface area contributed by atoms with Gasteiger partial charge >= 0.3 is 5.97 Å². The van der Waals surface area contributed by atoms with E-state index in [4.69, 9.17) is 4.74 Å². The van der Waals surface area contributed by atoms with Crippen molar-refractivity contribution < 1.29 is 9.53 Å². The lowest BCUT2D eigenvalue weighted by Crippen LogP contribution is -2.03. The van der Waals surface area contributed by atoms with Gasteiger partial charge in [-0.15, -0.1) is 0 Å². The molecule has 0 saturated carbocycles. The van der Waals surface area contributed by atoms with Crippen LogP contribution in [0.5, 0.6) is 0 Å². The van der Waals surface area contributed by atoms with Gasteiger partial charge in [0.05, 0.1) is 7.11 Å². The molecule has 2 nitrogen and oxygen atoms in total. The Labute approximate surface area is 124 Å². The van der Waals surface area contributed by atoms with E-state index < -0.39 is 0 Å². The van der Waals surface area contributed by atoms with Gasteiger partial charge in [-0.05, 0) is 46.0 Å². The number of carbonyl (C=O) groups excluding carboxylic acids is 1. The van der Waals surface area contributed by atoms with Crippen LogP contribution in [0.25, 0.3) is 21.5 Å². The van der Waals surface area contributed by atoms with E-state index in [0.29, 0.717) is 12.8 Å². The Morgan fingerprint density at radius 1 is 0.905 bits per heavy atom. The minimum absolute atomic E-state index is 0.163. The summed E-state index contributed by atoms with van der Waals surface area (Å²) in [6.45, 7) is 2.16. The second kappa shape index (κ2) is 5.57. The maximum absolute atomic E-state index is 11.5. The van der Waals surface area contributed by atoms with Crippen LogP contribution < -0.4 is 0 Å². The van der Waals surface area contributed by atoms with Crippen LogP contribution in [0.15, 0.2) is 48.5 Å². The number of carbonyl (C=O) groups is 1. The van der Waals surface area contributed by atoms with Gasteiger partial charge < -0.3 is 4.74 Å². The SMILES string of the molecule is COC(=O)CCc1c2ccccc2c(C)c2ccccc12. The molecule has 0 atom stereocenters. The average molecular weight is 278 g/mol. The van der Waals surface area contributed by atoms with Gasteiger partial charge in [0.1, 0.15) is 0 Å². The van der Waals surface area contributed by atoms with E-state index in [1.165, 1.54) is 39.8 Å². The fourth-order valence-corrected chi connectivity index (χ4v) is 3.04. The highest BCUT2D eigenvalue weighted by atomic mass is 16.5. The first-order valence-electron chi connectivity index (χ1n) is 7.18. The largest absolute Gasteiger partial charge is 0.469 e. The van der Waals surface area contributed by atoms with Crippen LogP contribution in [0, 0.1) is 6.92 Å². The summed E-state index contributed by atoms with van der Waals surface area (Å²) >= 11 is 0. The molecule has 0 bridgehead atoms. The first-order valence-corrected chi connectivity index (χ1v) is 7.18. The summed E-state index contributed by atoms with van der Waals surface area (Å²) in [6, 6.07) is 16.8. The zero-order valence-corrected chi connectivity index (χ0v) is 12.3. The standard InChI is InChI=1S/C19H18O2/c1-13-14-7-3-5-9-16(14)18(11-12-19(20)21-2)17-10-6-4-8-15(13)17/h3-10H,11-12H2,1-2H3. The molecule has 0 aliphatic heterocycles. The van der Waals surface area contributed by atoms with Crippen LogP contribution in [0.2, 0.25) is 0 Å². The third-order valence-corrected chi connectivity index (χ3v) is 4.12. The summed E-state index contributed by atoms with van der Waals surface area (Å²) < 4.78 is 4.78. The molecule has 3 aromatic carbocycles. The van der Waals surface area contributed by atoms with Gasteiger partial charge in [0.25, 0.3) is 0 Å². The summed E-state index contributed by atoms with van der Waals surface area (Å²) in [4.78, 5) is 11.5. The number of aryl methyl sites for hydroxylation is 2. The van der Waals surface area contributed by atoms with Gasteiger partial charge in [-0.25, -0.2) is 0 Å². The van der Waals surface area contributed by atoms with Crippen molar-refractivity contribution in [1.82, 2.24) is 0 Å². The van der Waals surface area contributed by atoms with Crippen LogP contribution in [0.3, 0.4) is 0 Å². The molecule has 0 amide bonds. The van der Waals surface area contributed by atoms with Crippen LogP contribution in [-0.2, 0) is 16.0 Å². The quantitative estimate of drug-likeness (QED) is 0.524. The smallest absolute Gasteiger partial charge is 0.305 e. The van der Waals surface area contributed by atoms with Crippen molar-refractivity contribution in [3.05, 3.63) is 59.7 Å². The molecule has 0 fully saturated rings. The summed E-state index contributed by atoms with van der Waals surface area (Å²) in [5, 5.41) is 4.99. The maximum atomic E-state index is 11.5. The first kappa shape index (κ1) is 13.6. The molecule has 3 rings (SSSR count). The molecule has 0 saturated heterocycles. The minimum atomic E-state index is -0.163. The fraction of sp³-hybridized carbons (Fsp3) is 0.211. The Morgan fingerprint density at radius 2 is 1.38 bits per heavy atom. The molecular weight excluding hydrogens is 260 g/mol. The lowest BCUT2D eigenvalue weighted by Gasteiger charge is -2.14. The zero-order chi connectivity index (χ0) is 14.8. The molecule has 0 aliphatic rings. The molecule has 0 spiro atoms. The normalized spacial score (nSPS) is 11.0. The monoisotopic (exact) mass is 278 g/mol. The Balaban J connectivity index is 2.27. The predicted molar refractivity (Wildman–Crippen MR) is 86.5 cm³/mol. The third kappa shape index (κ3) is 2.38. The molecule has 106 valence electrons. The van der Waals surface area contributed by atoms with Crippen LogP contribution in [0.4, 0.5) is 0 Å². The number of hydrogen-bond acceptors (Lipinski definition) is 2. The van der Waals surface area contributed by atoms with Crippen molar-refractivity contribution in [2.45, 2.75) is 19.8 Å². The van der Waals surface area contributed by atoms with Gasteiger partial charge in [0, 0.05) is 6.42 Å². The molecule has 0 radical (unpaired) electrons. The third-order valence-electron chi connectivity index (χ3n) is 4.12. The topological polar surface area (TPSA) is 26.3 Å². The molecule has 0 heterocycles. The number of ether oxygens (including phenoxy) is 1. The van der Waals surface area contributed by atoms with E-state index in [9.17, 15) is 4.79 Å². The summed E-state index contributed by atoms with van der Waals surface area (Å²) in [5.74, 6) is -0.163. The van der Waals surface area contributed by atoms with E-state index in [2.05, 4.69) is 55.5 Å². The number of hydrogen-bond donors (Lipinski definition) is 0. The second-order valence-corrected chi connectivity index (χ2v) is 5.27. The molecule has 0 unspecified atom stereocenters. The first-order chi connectivity index (χ1) is 10.2.